The fraction of sp³-hybridized carbons (Fsp3) is 0.350. The lowest BCUT2D eigenvalue weighted by molar-refractivity contribution is 0.102. The van der Waals surface area contributed by atoms with Gasteiger partial charge in [0.05, 0.1) is 18.9 Å². The molecule has 3 aromatic rings. The van der Waals surface area contributed by atoms with E-state index in [9.17, 15) is 4.79 Å². The molecule has 8 nitrogen and oxygen atoms in total. The zero-order valence-corrected chi connectivity index (χ0v) is 18.1. The Labute approximate surface area is 182 Å². The van der Waals surface area contributed by atoms with E-state index in [1.54, 1.807) is 12.1 Å². The molecule has 1 aliphatic carbocycles. The van der Waals surface area contributed by atoms with Gasteiger partial charge < -0.3 is 9.47 Å². The molecular formula is C20H20ClN5O3S. The van der Waals surface area contributed by atoms with Crippen molar-refractivity contribution in [3.05, 3.63) is 40.9 Å². The lowest BCUT2D eigenvalue weighted by Crippen LogP contribution is -2.14. The molecule has 0 aromatic carbocycles. The van der Waals surface area contributed by atoms with E-state index in [0.717, 1.165) is 18.5 Å². The number of nitrogens with zero attached hydrogens (tertiary/aromatic N) is 4. The van der Waals surface area contributed by atoms with Crippen molar-refractivity contribution < 1.29 is 14.3 Å². The number of pyridine rings is 2. The number of carbonyl (C=O) groups is 1. The maximum Gasteiger partial charge on any atom is 0.296 e. The van der Waals surface area contributed by atoms with Gasteiger partial charge in [0.1, 0.15) is 17.0 Å². The molecule has 0 saturated heterocycles. The van der Waals surface area contributed by atoms with E-state index in [1.807, 2.05) is 6.92 Å². The van der Waals surface area contributed by atoms with Crippen molar-refractivity contribution in [1.82, 2.24) is 20.2 Å². The predicted molar refractivity (Wildman–Crippen MR) is 115 cm³/mol. The molecule has 10 heteroatoms. The molecule has 0 radical (unpaired) electrons. The Balaban J connectivity index is 1.59. The first-order chi connectivity index (χ1) is 14.5. The Kier molecular flexibility index (Phi) is 6.10. The second-order valence-electron chi connectivity index (χ2n) is 6.93. The van der Waals surface area contributed by atoms with E-state index in [2.05, 4.69) is 25.5 Å². The number of aromatic nitrogens is 4. The van der Waals surface area contributed by atoms with Crippen LogP contribution in [0.1, 0.15) is 41.7 Å². The number of methoxy groups -OCH3 is 1. The first kappa shape index (κ1) is 20.5. The number of halogens is 1. The average Bonchev–Trinajstić information content (AvgIpc) is 3.40. The Morgan fingerprint density at radius 2 is 1.97 bits per heavy atom. The maximum absolute atomic E-state index is 13.0. The first-order valence-corrected chi connectivity index (χ1v) is 10.7. The van der Waals surface area contributed by atoms with E-state index in [1.165, 1.54) is 43.7 Å². The van der Waals surface area contributed by atoms with Gasteiger partial charge in [-0.2, -0.15) is 0 Å². The van der Waals surface area contributed by atoms with Crippen molar-refractivity contribution in [2.75, 3.05) is 12.4 Å². The predicted octanol–water partition coefficient (Wildman–Crippen LogP) is 4.54. The number of carbonyl (C=O) groups excluding carboxylic acids is 1. The van der Waals surface area contributed by atoms with Crippen LogP contribution in [0, 0.1) is 6.92 Å². The third-order valence-electron chi connectivity index (χ3n) is 4.83. The summed E-state index contributed by atoms with van der Waals surface area (Å²) in [5, 5.41) is 12.0. The topological polar surface area (TPSA) is 99.1 Å². The Hall–Kier alpha value is -2.78. The van der Waals surface area contributed by atoms with Gasteiger partial charge in [-0.1, -0.05) is 16.7 Å². The largest absolute Gasteiger partial charge is 0.494 e. The van der Waals surface area contributed by atoms with Crippen molar-refractivity contribution in [1.29, 1.82) is 0 Å². The quantitative estimate of drug-likeness (QED) is 0.556. The van der Waals surface area contributed by atoms with E-state index in [-0.39, 0.29) is 12.0 Å². The zero-order chi connectivity index (χ0) is 21.1. The Morgan fingerprint density at radius 3 is 2.73 bits per heavy atom. The third kappa shape index (κ3) is 4.52. The van der Waals surface area contributed by atoms with Crippen LogP contribution in [0.5, 0.6) is 10.9 Å². The molecule has 0 atom stereocenters. The molecule has 30 heavy (non-hydrogen) atoms. The van der Waals surface area contributed by atoms with Crippen LogP contribution in [0.3, 0.4) is 0 Å². The fourth-order valence-corrected chi connectivity index (χ4v) is 4.19. The second-order valence-corrected chi connectivity index (χ2v) is 8.26. The van der Waals surface area contributed by atoms with Gasteiger partial charge in [0, 0.05) is 23.0 Å². The number of anilines is 1. The molecule has 0 aliphatic heterocycles. The summed E-state index contributed by atoms with van der Waals surface area (Å²) >= 11 is 7.29. The van der Waals surface area contributed by atoms with Gasteiger partial charge in [-0.05, 0) is 56.1 Å². The molecule has 1 aliphatic rings. The molecule has 0 spiro atoms. The zero-order valence-electron chi connectivity index (χ0n) is 16.5. The van der Waals surface area contributed by atoms with E-state index >= 15 is 0 Å². The number of ether oxygens (including phenoxy) is 2. The van der Waals surface area contributed by atoms with E-state index in [4.69, 9.17) is 21.1 Å². The summed E-state index contributed by atoms with van der Waals surface area (Å²) in [6, 6.07) is 3.46. The Morgan fingerprint density at radius 1 is 1.17 bits per heavy atom. The average molecular weight is 446 g/mol. The SMILES string of the molecule is COc1cnc(Cl)cc1-c1cc(C)ncc1C(=O)Nc1nnc(OC2CCCC2)s1. The molecule has 1 fully saturated rings. The molecule has 3 heterocycles. The Bertz CT molecular complexity index is 1070. The van der Waals surface area contributed by atoms with E-state index in [0.29, 0.717) is 37.9 Å². The molecule has 1 amide bonds. The van der Waals surface area contributed by atoms with Crippen LogP contribution < -0.4 is 14.8 Å². The molecule has 156 valence electrons. The molecule has 3 aromatic heterocycles. The van der Waals surface area contributed by atoms with Gasteiger partial charge in [0.2, 0.25) is 5.13 Å². The number of nitrogens with one attached hydrogen (secondary N) is 1. The van der Waals surface area contributed by atoms with Crippen LogP contribution >= 0.6 is 22.9 Å². The normalized spacial score (nSPS) is 14.0. The molecular weight excluding hydrogens is 426 g/mol. The second kappa shape index (κ2) is 8.93. The molecule has 4 rings (SSSR count). The summed E-state index contributed by atoms with van der Waals surface area (Å²) in [5.74, 6) is 0.137. The van der Waals surface area contributed by atoms with Crippen molar-refractivity contribution >= 4 is 34.0 Å². The first-order valence-electron chi connectivity index (χ1n) is 9.51. The summed E-state index contributed by atoms with van der Waals surface area (Å²) in [7, 11) is 1.54. The van der Waals surface area contributed by atoms with Gasteiger partial charge in [0.25, 0.3) is 11.1 Å². The van der Waals surface area contributed by atoms with Gasteiger partial charge >= 0.3 is 0 Å². The number of hydrogen-bond donors (Lipinski definition) is 1. The maximum atomic E-state index is 13.0. The van der Waals surface area contributed by atoms with Crippen molar-refractivity contribution in [2.45, 2.75) is 38.7 Å². The highest BCUT2D eigenvalue weighted by Crippen LogP contribution is 2.34. The highest BCUT2D eigenvalue weighted by Gasteiger charge is 2.21. The smallest absolute Gasteiger partial charge is 0.296 e. The van der Waals surface area contributed by atoms with Crippen molar-refractivity contribution in [3.63, 3.8) is 0 Å². The van der Waals surface area contributed by atoms with Gasteiger partial charge in [-0.3, -0.25) is 15.1 Å². The number of aryl methyl sites for hydroxylation is 1. The van der Waals surface area contributed by atoms with Crippen LogP contribution in [0.4, 0.5) is 5.13 Å². The van der Waals surface area contributed by atoms with Crippen LogP contribution in [0.25, 0.3) is 11.1 Å². The fourth-order valence-electron chi connectivity index (χ4n) is 3.38. The van der Waals surface area contributed by atoms with Gasteiger partial charge in [-0.15, -0.1) is 5.10 Å². The van der Waals surface area contributed by atoms with E-state index < -0.39 is 0 Å². The lowest BCUT2D eigenvalue weighted by atomic mass is 10.0. The summed E-state index contributed by atoms with van der Waals surface area (Å²) in [6.07, 6.45) is 7.60. The monoisotopic (exact) mass is 445 g/mol. The highest BCUT2D eigenvalue weighted by atomic mass is 35.5. The number of rotatable bonds is 6. The summed E-state index contributed by atoms with van der Waals surface area (Å²) in [5.41, 5.74) is 2.39. The number of amides is 1. The van der Waals surface area contributed by atoms with Gasteiger partial charge in [0.15, 0.2) is 0 Å². The minimum Gasteiger partial charge on any atom is -0.494 e. The van der Waals surface area contributed by atoms with Gasteiger partial charge in [-0.25, -0.2) is 4.98 Å². The lowest BCUT2D eigenvalue weighted by Gasteiger charge is -2.13. The van der Waals surface area contributed by atoms with Crippen LogP contribution in [0.15, 0.2) is 24.5 Å². The molecule has 0 unspecified atom stereocenters. The summed E-state index contributed by atoms with van der Waals surface area (Å²) < 4.78 is 11.2. The molecule has 1 N–H and O–H groups in total. The summed E-state index contributed by atoms with van der Waals surface area (Å²) in [6.45, 7) is 1.85. The van der Waals surface area contributed by atoms with Crippen molar-refractivity contribution in [3.8, 4) is 22.1 Å². The highest BCUT2D eigenvalue weighted by molar-refractivity contribution is 7.17. The molecule has 1 saturated carbocycles. The van der Waals surface area contributed by atoms with Crippen molar-refractivity contribution in [2.24, 2.45) is 0 Å². The third-order valence-corrected chi connectivity index (χ3v) is 5.76. The minimum absolute atomic E-state index is 0.179. The summed E-state index contributed by atoms with van der Waals surface area (Å²) in [4.78, 5) is 21.3. The molecule has 0 bridgehead atoms. The number of hydrogen-bond acceptors (Lipinski definition) is 8. The minimum atomic E-state index is -0.365. The van der Waals surface area contributed by atoms with Crippen LogP contribution in [-0.2, 0) is 0 Å². The van der Waals surface area contributed by atoms with Crippen LogP contribution in [0.2, 0.25) is 5.15 Å². The van der Waals surface area contributed by atoms with Crippen LogP contribution in [-0.4, -0.2) is 39.3 Å². The standard InChI is InChI=1S/C20H20ClN5O3S/c1-11-7-13(14-8-17(21)23-10-16(14)28-2)15(9-22-11)18(27)24-19-25-26-20(30-19)29-12-5-3-4-6-12/h7-10,12H,3-6H2,1-2H3,(H,24,25,27).